The molecule has 24 heavy (non-hydrogen) atoms. The Morgan fingerprint density at radius 3 is 2.88 bits per heavy atom. The Hall–Kier alpha value is -1.60. The standard InChI is InChI=1S/C16H22ClN5OS/c1-11(2)10-22-14(20-21-16(22)24-3)5-4-7-19-15(23)12-6-8-18-13(17)9-12/h6,8-9,11H,4-5,7,10H2,1-3H3,(H,19,23). The number of hydrogen-bond donors (Lipinski definition) is 1. The van der Waals surface area contributed by atoms with Crippen LogP contribution in [-0.2, 0) is 13.0 Å². The minimum Gasteiger partial charge on any atom is -0.352 e. The van der Waals surface area contributed by atoms with Crippen molar-refractivity contribution in [2.45, 2.75) is 38.4 Å². The van der Waals surface area contributed by atoms with E-state index in [4.69, 9.17) is 11.6 Å². The molecule has 2 rings (SSSR count). The molecule has 0 aliphatic rings. The summed E-state index contributed by atoms with van der Waals surface area (Å²) in [7, 11) is 0. The highest BCUT2D eigenvalue weighted by molar-refractivity contribution is 7.98. The van der Waals surface area contributed by atoms with Gasteiger partial charge in [0.05, 0.1) is 0 Å². The number of nitrogens with zero attached hydrogens (tertiary/aromatic N) is 4. The van der Waals surface area contributed by atoms with Crippen LogP contribution in [0.4, 0.5) is 0 Å². The van der Waals surface area contributed by atoms with Crippen LogP contribution >= 0.6 is 23.4 Å². The fourth-order valence-corrected chi connectivity index (χ4v) is 2.99. The summed E-state index contributed by atoms with van der Waals surface area (Å²) in [4.78, 5) is 15.9. The van der Waals surface area contributed by atoms with Crippen LogP contribution < -0.4 is 5.32 Å². The Labute approximate surface area is 151 Å². The molecule has 2 aromatic heterocycles. The van der Waals surface area contributed by atoms with E-state index >= 15 is 0 Å². The smallest absolute Gasteiger partial charge is 0.251 e. The number of carbonyl (C=O) groups is 1. The second kappa shape index (κ2) is 9.03. The number of rotatable bonds is 8. The predicted octanol–water partition coefficient (Wildman–Crippen LogP) is 3.07. The minimum atomic E-state index is -0.146. The largest absolute Gasteiger partial charge is 0.352 e. The summed E-state index contributed by atoms with van der Waals surface area (Å²) in [6, 6.07) is 3.20. The maximum absolute atomic E-state index is 12.0. The molecule has 6 nitrogen and oxygen atoms in total. The Morgan fingerprint density at radius 2 is 2.21 bits per heavy atom. The lowest BCUT2D eigenvalue weighted by Crippen LogP contribution is -2.25. The third kappa shape index (κ3) is 5.21. The van der Waals surface area contributed by atoms with Gasteiger partial charge in [0, 0.05) is 31.3 Å². The molecule has 8 heteroatoms. The van der Waals surface area contributed by atoms with Crippen LogP contribution in [0, 0.1) is 5.92 Å². The Morgan fingerprint density at radius 1 is 1.42 bits per heavy atom. The van der Waals surface area contributed by atoms with Crippen molar-refractivity contribution in [2.24, 2.45) is 5.92 Å². The normalized spacial score (nSPS) is 11.0. The van der Waals surface area contributed by atoms with Crippen molar-refractivity contribution in [3.05, 3.63) is 34.9 Å². The summed E-state index contributed by atoms with van der Waals surface area (Å²) in [5.74, 6) is 1.35. The van der Waals surface area contributed by atoms with Crippen LogP contribution in [0.5, 0.6) is 0 Å². The van der Waals surface area contributed by atoms with Crippen molar-refractivity contribution in [3.63, 3.8) is 0 Å². The molecule has 2 aromatic rings. The van der Waals surface area contributed by atoms with E-state index < -0.39 is 0 Å². The second-order valence-electron chi connectivity index (χ2n) is 5.83. The van der Waals surface area contributed by atoms with Crippen molar-refractivity contribution in [1.82, 2.24) is 25.1 Å². The fraction of sp³-hybridized carbons (Fsp3) is 0.500. The van der Waals surface area contributed by atoms with Crippen molar-refractivity contribution >= 4 is 29.3 Å². The molecule has 0 saturated carbocycles. The number of carbonyl (C=O) groups excluding carboxylic acids is 1. The maximum atomic E-state index is 12.0. The zero-order valence-electron chi connectivity index (χ0n) is 14.1. The number of aryl methyl sites for hydroxylation is 1. The molecule has 130 valence electrons. The lowest BCUT2D eigenvalue weighted by Gasteiger charge is -2.11. The van der Waals surface area contributed by atoms with E-state index in [-0.39, 0.29) is 5.91 Å². The molecular weight excluding hydrogens is 346 g/mol. The first-order valence-electron chi connectivity index (χ1n) is 7.87. The van der Waals surface area contributed by atoms with Gasteiger partial charge >= 0.3 is 0 Å². The Bertz CT molecular complexity index is 689. The average molecular weight is 368 g/mol. The van der Waals surface area contributed by atoms with Gasteiger partial charge in [-0.1, -0.05) is 37.2 Å². The molecule has 1 amide bonds. The number of amides is 1. The highest BCUT2D eigenvalue weighted by Crippen LogP contribution is 2.16. The molecule has 0 aromatic carbocycles. The molecular formula is C16H22ClN5OS. The van der Waals surface area contributed by atoms with Crippen LogP contribution in [0.3, 0.4) is 0 Å². The molecule has 0 bridgehead atoms. The number of thioether (sulfide) groups is 1. The van der Waals surface area contributed by atoms with Crippen LogP contribution in [0.25, 0.3) is 0 Å². The minimum absolute atomic E-state index is 0.146. The van der Waals surface area contributed by atoms with Gasteiger partial charge in [0.15, 0.2) is 5.16 Å². The molecule has 0 spiro atoms. The third-order valence-electron chi connectivity index (χ3n) is 3.38. The van der Waals surface area contributed by atoms with E-state index in [2.05, 4.69) is 38.9 Å². The molecule has 0 saturated heterocycles. The summed E-state index contributed by atoms with van der Waals surface area (Å²) in [5.41, 5.74) is 0.516. The van der Waals surface area contributed by atoms with Crippen molar-refractivity contribution in [2.75, 3.05) is 12.8 Å². The predicted molar refractivity (Wildman–Crippen MR) is 96.5 cm³/mol. The van der Waals surface area contributed by atoms with E-state index in [1.54, 1.807) is 23.9 Å². The molecule has 0 atom stereocenters. The Balaban J connectivity index is 1.86. The van der Waals surface area contributed by atoms with E-state index in [9.17, 15) is 4.79 Å². The molecule has 2 heterocycles. The lowest BCUT2D eigenvalue weighted by molar-refractivity contribution is 0.0953. The molecule has 0 aliphatic heterocycles. The summed E-state index contributed by atoms with van der Waals surface area (Å²) in [6.07, 6.45) is 5.10. The van der Waals surface area contributed by atoms with Crippen LogP contribution in [0.15, 0.2) is 23.5 Å². The topological polar surface area (TPSA) is 72.7 Å². The molecule has 1 N–H and O–H groups in total. The Kier molecular flexibility index (Phi) is 7.05. The van der Waals surface area contributed by atoms with Gasteiger partial charge in [-0.25, -0.2) is 4.98 Å². The zero-order valence-corrected chi connectivity index (χ0v) is 15.7. The first-order chi connectivity index (χ1) is 11.5. The second-order valence-corrected chi connectivity index (χ2v) is 6.99. The molecule has 0 radical (unpaired) electrons. The highest BCUT2D eigenvalue weighted by atomic mass is 35.5. The number of pyridine rings is 1. The maximum Gasteiger partial charge on any atom is 0.251 e. The molecule has 0 aliphatic carbocycles. The summed E-state index contributed by atoms with van der Waals surface area (Å²) in [5, 5.41) is 12.6. The van der Waals surface area contributed by atoms with Gasteiger partial charge < -0.3 is 9.88 Å². The lowest BCUT2D eigenvalue weighted by atomic mass is 10.2. The molecule has 0 unspecified atom stereocenters. The summed E-state index contributed by atoms with van der Waals surface area (Å²) >= 11 is 7.40. The zero-order chi connectivity index (χ0) is 17.5. The number of hydrogen-bond acceptors (Lipinski definition) is 5. The van der Waals surface area contributed by atoms with Crippen LogP contribution in [0.2, 0.25) is 5.15 Å². The van der Waals surface area contributed by atoms with Crippen LogP contribution in [0.1, 0.15) is 36.5 Å². The average Bonchev–Trinajstić information content (AvgIpc) is 2.92. The first kappa shape index (κ1) is 18.7. The highest BCUT2D eigenvalue weighted by Gasteiger charge is 2.12. The quantitative estimate of drug-likeness (QED) is 0.441. The summed E-state index contributed by atoms with van der Waals surface area (Å²) < 4.78 is 2.17. The van der Waals surface area contributed by atoms with Gasteiger partial charge in [0.25, 0.3) is 5.91 Å². The number of halogens is 1. The van der Waals surface area contributed by atoms with Gasteiger partial charge in [-0.15, -0.1) is 10.2 Å². The monoisotopic (exact) mass is 367 g/mol. The van der Waals surface area contributed by atoms with Crippen LogP contribution in [-0.4, -0.2) is 38.5 Å². The van der Waals surface area contributed by atoms with Gasteiger partial charge in [-0.2, -0.15) is 0 Å². The van der Waals surface area contributed by atoms with E-state index in [1.807, 2.05) is 6.26 Å². The summed E-state index contributed by atoms with van der Waals surface area (Å²) in [6.45, 7) is 5.82. The van der Waals surface area contributed by atoms with Gasteiger partial charge in [0.2, 0.25) is 0 Å². The van der Waals surface area contributed by atoms with E-state index in [1.165, 1.54) is 6.20 Å². The van der Waals surface area contributed by atoms with E-state index in [0.29, 0.717) is 23.2 Å². The fourth-order valence-electron chi connectivity index (χ4n) is 2.30. The van der Waals surface area contributed by atoms with Crippen molar-refractivity contribution in [1.29, 1.82) is 0 Å². The first-order valence-corrected chi connectivity index (χ1v) is 9.47. The van der Waals surface area contributed by atoms with Gasteiger partial charge in [-0.05, 0) is 30.7 Å². The SMILES string of the molecule is CSc1nnc(CCCNC(=O)c2ccnc(Cl)c2)n1CC(C)C. The van der Waals surface area contributed by atoms with Gasteiger partial charge in [-0.3, -0.25) is 4.79 Å². The number of nitrogens with one attached hydrogen (secondary N) is 1. The van der Waals surface area contributed by atoms with Gasteiger partial charge in [0.1, 0.15) is 11.0 Å². The third-order valence-corrected chi connectivity index (χ3v) is 4.25. The molecule has 0 fully saturated rings. The van der Waals surface area contributed by atoms with Crippen molar-refractivity contribution < 1.29 is 4.79 Å². The van der Waals surface area contributed by atoms with Crippen molar-refractivity contribution in [3.8, 4) is 0 Å². The number of aromatic nitrogens is 4. The van der Waals surface area contributed by atoms with E-state index in [0.717, 1.165) is 30.4 Å².